The van der Waals surface area contributed by atoms with Crippen LogP contribution in [0.4, 0.5) is 0 Å². The van der Waals surface area contributed by atoms with Crippen LogP contribution in [0, 0.1) is 5.92 Å². The SMILES string of the molecule is c1ccc(C23CCNCC2C3)cc1. The summed E-state index contributed by atoms with van der Waals surface area (Å²) in [4.78, 5) is 0. The lowest BCUT2D eigenvalue weighted by Gasteiger charge is -2.23. The van der Waals surface area contributed by atoms with Crippen molar-refractivity contribution in [3.8, 4) is 0 Å². The lowest BCUT2D eigenvalue weighted by Crippen LogP contribution is -2.31. The Hall–Kier alpha value is -0.820. The van der Waals surface area contributed by atoms with E-state index >= 15 is 0 Å². The van der Waals surface area contributed by atoms with Crippen LogP contribution >= 0.6 is 0 Å². The Kier molecular flexibility index (Phi) is 1.50. The molecule has 1 N–H and O–H groups in total. The number of hydrogen-bond donors (Lipinski definition) is 1. The maximum Gasteiger partial charge on any atom is 0.000912 e. The zero-order valence-corrected chi connectivity index (χ0v) is 7.79. The van der Waals surface area contributed by atoms with Crippen molar-refractivity contribution in [2.45, 2.75) is 18.3 Å². The minimum atomic E-state index is 0.576. The number of nitrogens with one attached hydrogen (secondary N) is 1. The summed E-state index contributed by atoms with van der Waals surface area (Å²) in [7, 11) is 0. The highest BCUT2D eigenvalue weighted by molar-refractivity contribution is 5.34. The number of rotatable bonds is 1. The van der Waals surface area contributed by atoms with Gasteiger partial charge in [-0.05, 0) is 37.4 Å². The van der Waals surface area contributed by atoms with Crippen molar-refractivity contribution in [1.82, 2.24) is 5.32 Å². The van der Waals surface area contributed by atoms with Gasteiger partial charge in [-0.2, -0.15) is 0 Å². The lowest BCUT2D eigenvalue weighted by atomic mass is 9.88. The summed E-state index contributed by atoms with van der Waals surface area (Å²) in [5, 5.41) is 3.47. The molecule has 1 aliphatic carbocycles. The summed E-state index contributed by atoms with van der Waals surface area (Å²) in [5.74, 6) is 0.920. The van der Waals surface area contributed by atoms with Crippen molar-refractivity contribution in [3.63, 3.8) is 0 Å². The molecule has 3 rings (SSSR count). The van der Waals surface area contributed by atoms with Gasteiger partial charge in [0.1, 0.15) is 0 Å². The van der Waals surface area contributed by atoms with E-state index in [1.807, 2.05) is 0 Å². The maximum atomic E-state index is 3.47. The van der Waals surface area contributed by atoms with Gasteiger partial charge in [0.2, 0.25) is 0 Å². The van der Waals surface area contributed by atoms with Crippen molar-refractivity contribution in [2.24, 2.45) is 5.92 Å². The summed E-state index contributed by atoms with van der Waals surface area (Å²) < 4.78 is 0. The first kappa shape index (κ1) is 7.57. The highest BCUT2D eigenvalue weighted by Gasteiger charge is 2.55. The first-order valence-electron chi connectivity index (χ1n) is 5.18. The van der Waals surface area contributed by atoms with Crippen LogP contribution in [0.1, 0.15) is 18.4 Å². The molecule has 2 aliphatic rings. The van der Waals surface area contributed by atoms with Crippen molar-refractivity contribution >= 4 is 0 Å². The van der Waals surface area contributed by atoms with Gasteiger partial charge in [0, 0.05) is 5.41 Å². The monoisotopic (exact) mass is 173 g/mol. The van der Waals surface area contributed by atoms with Gasteiger partial charge in [0.25, 0.3) is 0 Å². The Morgan fingerprint density at radius 2 is 2.08 bits per heavy atom. The summed E-state index contributed by atoms with van der Waals surface area (Å²) >= 11 is 0. The van der Waals surface area contributed by atoms with E-state index in [4.69, 9.17) is 0 Å². The van der Waals surface area contributed by atoms with Crippen LogP contribution in [-0.2, 0) is 5.41 Å². The van der Waals surface area contributed by atoms with E-state index in [-0.39, 0.29) is 0 Å². The molecule has 13 heavy (non-hydrogen) atoms. The van der Waals surface area contributed by atoms with Gasteiger partial charge in [0.15, 0.2) is 0 Å². The van der Waals surface area contributed by atoms with Gasteiger partial charge in [-0.1, -0.05) is 30.3 Å². The second-order valence-electron chi connectivity index (χ2n) is 4.38. The Morgan fingerprint density at radius 1 is 1.23 bits per heavy atom. The molecule has 1 heteroatoms. The molecule has 68 valence electrons. The normalized spacial score (nSPS) is 36.8. The predicted octanol–water partition coefficient (Wildman–Crippen LogP) is 1.94. The van der Waals surface area contributed by atoms with Crippen LogP contribution in [-0.4, -0.2) is 13.1 Å². The summed E-state index contributed by atoms with van der Waals surface area (Å²) in [6, 6.07) is 11.0. The smallest absolute Gasteiger partial charge is 0.000912 e. The second-order valence-corrected chi connectivity index (χ2v) is 4.38. The highest BCUT2D eigenvalue weighted by Crippen LogP contribution is 2.57. The molecule has 0 spiro atoms. The Labute approximate surface area is 79.2 Å². The number of piperidine rings is 1. The first-order chi connectivity index (χ1) is 6.42. The average molecular weight is 173 g/mol. The van der Waals surface area contributed by atoms with Gasteiger partial charge in [-0.3, -0.25) is 0 Å². The molecule has 1 saturated heterocycles. The van der Waals surface area contributed by atoms with Crippen LogP contribution in [0.15, 0.2) is 30.3 Å². The molecule has 0 amide bonds. The summed E-state index contributed by atoms with van der Waals surface area (Å²) in [6.07, 6.45) is 2.74. The quantitative estimate of drug-likeness (QED) is 0.684. The molecule has 1 aromatic rings. The third-order valence-electron chi connectivity index (χ3n) is 3.72. The van der Waals surface area contributed by atoms with Crippen molar-refractivity contribution in [1.29, 1.82) is 0 Å². The molecule has 1 heterocycles. The van der Waals surface area contributed by atoms with E-state index in [9.17, 15) is 0 Å². The van der Waals surface area contributed by atoms with Crippen LogP contribution in [0.3, 0.4) is 0 Å². The lowest BCUT2D eigenvalue weighted by molar-refractivity contribution is 0.445. The van der Waals surface area contributed by atoms with Crippen molar-refractivity contribution in [3.05, 3.63) is 35.9 Å². The summed E-state index contributed by atoms with van der Waals surface area (Å²) in [6.45, 7) is 2.43. The molecule has 1 nitrogen and oxygen atoms in total. The minimum Gasteiger partial charge on any atom is -0.316 e. The van der Waals surface area contributed by atoms with E-state index in [0.29, 0.717) is 5.41 Å². The third kappa shape index (κ3) is 1.03. The van der Waals surface area contributed by atoms with E-state index in [0.717, 1.165) is 5.92 Å². The van der Waals surface area contributed by atoms with Gasteiger partial charge in [-0.25, -0.2) is 0 Å². The topological polar surface area (TPSA) is 12.0 Å². The minimum absolute atomic E-state index is 0.576. The van der Waals surface area contributed by atoms with Crippen molar-refractivity contribution < 1.29 is 0 Å². The zero-order valence-electron chi connectivity index (χ0n) is 7.79. The maximum absolute atomic E-state index is 3.47. The zero-order chi connectivity index (χ0) is 8.73. The largest absolute Gasteiger partial charge is 0.316 e. The molecule has 2 unspecified atom stereocenters. The van der Waals surface area contributed by atoms with Crippen LogP contribution in [0.5, 0.6) is 0 Å². The van der Waals surface area contributed by atoms with Gasteiger partial charge < -0.3 is 5.32 Å². The van der Waals surface area contributed by atoms with Gasteiger partial charge in [0.05, 0.1) is 0 Å². The fraction of sp³-hybridized carbons (Fsp3) is 0.500. The van der Waals surface area contributed by atoms with Crippen LogP contribution < -0.4 is 5.32 Å². The molecule has 0 bridgehead atoms. The number of benzene rings is 1. The van der Waals surface area contributed by atoms with Crippen LogP contribution in [0.2, 0.25) is 0 Å². The molecule has 2 fully saturated rings. The first-order valence-corrected chi connectivity index (χ1v) is 5.18. The molecular formula is C12H15N. The van der Waals surface area contributed by atoms with Gasteiger partial charge in [-0.15, -0.1) is 0 Å². The number of hydrogen-bond acceptors (Lipinski definition) is 1. The fourth-order valence-corrected chi connectivity index (χ4v) is 2.81. The van der Waals surface area contributed by atoms with Crippen LogP contribution in [0.25, 0.3) is 0 Å². The van der Waals surface area contributed by atoms with Gasteiger partial charge >= 0.3 is 0 Å². The van der Waals surface area contributed by atoms with E-state index in [2.05, 4.69) is 35.6 Å². The number of fused-ring (bicyclic) bond motifs is 1. The Balaban J connectivity index is 1.94. The predicted molar refractivity (Wildman–Crippen MR) is 53.7 cm³/mol. The molecular weight excluding hydrogens is 158 g/mol. The highest BCUT2D eigenvalue weighted by atomic mass is 14.9. The summed E-state index contributed by atoms with van der Waals surface area (Å²) in [5.41, 5.74) is 2.15. The molecule has 0 radical (unpaired) electrons. The average Bonchev–Trinajstić information content (AvgIpc) is 2.94. The Bertz CT molecular complexity index is 306. The Morgan fingerprint density at radius 3 is 2.85 bits per heavy atom. The second kappa shape index (κ2) is 2.58. The van der Waals surface area contributed by atoms with Crippen molar-refractivity contribution in [2.75, 3.05) is 13.1 Å². The molecule has 1 saturated carbocycles. The molecule has 2 atom stereocenters. The third-order valence-corrected chi connectivity index (χ3v) is 3.72. The molecule has 0 aromatic heterocycles. The molecule has 1 aliphatic heterocycles. The van der Waals surface area contributed by atoms with E-state index in [1.165, 1.54) is 25.9 Å². The van der Waals surface area contributed by atoms with E-state index < -0.39 is 0 Å². The fourth-order valence-electron chi connectivity index (χ4n) is 2.81. The molecule has 1 aromatic carbocycles. The van der Waals surface area contributed by atoms with E-state index in [1.54, 1.807) is 5.56 Å². The standard InChI is InChI=1S/C12H15N/c1-2-4-10(5-3-1)12-6-7-13-9-11(12)8-12/h1-5,11,13H,6-9H2.